The molecule has 106 valence electrons. The molecular formula is C15H29NO2. The Balaban J connectivity index is 1.95. The molecule has 2 fully saturated rings. The molecule has 2 saturated heterocycles. The second kappa shape index (κ2) is 6.88. The predicted octanol–water partition coefficient (Wildman–Crippen LogP) is 2.43. The van der Waals surface area contributed by atoms with Gasteiger partial charge in [-0.25, -0.2) is 0 Å². The van der Waals surface area contributed by atoms with E-state index in [1.165, 1.54) is 38.6 Å². The number of ether oxygens (including phenoxy) is 1. The van der Waals surface area contributed by atoms with Gasteiger partial charge in [-0.2, -0.15) is 0 Å². The van der Waals surface area contributed by atoms with Gasteiger partial charge in [0.15, 0.2) is 0 Å². The highest BCUT2D eigenvalue weighted by Gasteiger charge is 2.36. The van der Waals surface area contributed by atoms with E-state index in [1.807, 2.05) is 0 Å². The summed E-state index contributed by atoms with van der Waals surface area (Å²) >= 11 is 0. The summed E-state index contributed by atoms with van der Waals surface area (Å²) in [5.41, 5.74) is 0.113. The fraction of sp³-hybridized carbons (Fsp3) is 1.00. The van der Waals surface area contributed by atoms with E-state index >= 15 is 0 Å². The molecular weight excluding hydrogens is 226 g/mol. The number of aliphatic hydroxyl groups excluding tert-OH is 1. The molecule has 0 amide bonds. The Hall–Kier alpha value is -0.120. The lowest BCUT2D eigenvalue weighted by Gasteiger charge is -2.44. The lowest BCUT2D eigenvalue weighted by atomic mass is 9.79. The summed E-state index contributed by atoms with van der Waals surface area (Å²) < 4.78 is 5.46. The number of aliphatic hydroxyl groups is 1. The van der Waals surface area contributed by atoms with Crippen molar-refractivity contribution in [3.63, 3.8) is 0 Å². The van der Waals surface area contributed by atoms with Crippen LogP contribution in [0.3, 0.4) is 0 Å². The molecule has 1 unspecified atom stereocenters. The SMILES string of the molecule is CCCC1CCCCN1CC1(CO)CCOCC1. The Kier molecular flexibility index (Phi) is 5.46. The van der Waals surface area contributed by atoms with E-state index in [9.17, 15) is 5.11 Å². The first kappa shape index (κ1) is 14.3. The van der Waals surface area contributed by atoms with Gasteiger partial charge >= 0.3 is 0 Å². The molecule has 0 saturated carbocycles. The van der Waals surface area contributed by atoms with Gasteiger partial charge in [0.25, 0.3) is 0 Å². The zero-order chi connectivity index (χ0) is 12.8. The molecule has 1 atom stereocenters. The summed E-state index contributed by atoms with van der Waals surface area (Å²) in [7, 11) is 0. The van der Waals surface area contributed by atoms with Crippen molar-refractivity contribution in [3.8, 4) is 0 Å². The topological polar surface area (TPSA) is 32.7 Å². The van der Waals surface area contributed by atoms with Crippen molar-refractivity contribution < 1.29 is 9.84 Å². The molecule has 18 heavy (non-hydrogen) atoms. The van der Waals surface area contributed by atoms with Gasteiger partial charge in [-0.05, 0) is 38.6 Å². The molecule has 0 aliphatic carbocycles. The Labute approximate surface area is 112 Å². The monoisotopic (exact) mass is 255 g/mol. The van der Waals surface area contributed by atoms with E-state index in [2.05, 4.69) is 11.8 Å². The van der Waals surface area contributed by atoms with Gasteiger partial charge < -0.3 is 9.84 Å². The Bertz CT molecular complexity index is 237. The molecule has 0 aromatic heterocycles. The van der Waals surface area contributed by atoms with Crippen molar-refractivity contribution in [2.45, 2.75) is 57.9 Å². The molecule has 0 spiro atoms. The molecule has 2 aliphatic rings. The first-order chi connectivity index (χ1) is 8.79. The van der Waals surface area contributed by atoms with Crippen LogP contribution >= 0.6 is 0 Å². The normalized spacial score (nSPS) is 29.3. The fourth-order valence-electron chi connectivity index (χ4n) is 3.53. The minimum atomic E-state index is 0.113. The third-order valence-corrected chi connectivity index (χ3v) is 4.80. The van der Waals surface area contributed by atoms with Crippen LogP contribution in [0.2, 0.25) is 0 Å². The van der Waals surface area contributed by atoms with E-state index in [0.717, 1.165) is 38.6 Å². The van der Waals surface area contributed by atoms with Crippen LogP contribution in [0.5, 0.6) is 0 Å². The van der Waals surface area contributed by atoms with Crippen LogP contribution in [0.25, 0.3) is 0 Å². The molecule has 3 nitrogen and oxygen atoms in total. The highest BCUT2D eigenvalue weighted by molar-refractivity contribution is 4.88. The third-order valence-electron chi connectivity index (χ3n) is 4.80. The van der Waals surface area contributed by atoms with Crippen molar-refractivity contribution >= 4 is 0 Å². The lowest BCUT2D eigenvalue weighted by molar-refractivity contribution is -0.0457. The third kappa shape index (κ3) is 3.46. The van der Waals surface area contributed by atoms with Crippen molar-refractivity contribution in [2.75, 3.05) is 32.9 Å². The average Bonchev–Trinajstić information content (AvgIpc) is 2.42. The van der Waals surface area contributed by atoms with Crippen molar-refractivity contribution in [1.29, 1.82) is 0 Å². The first-order valence-corrected chi connectivity index (χ1v) is 7.72. The summed E-state index contributed by atoms with van der Waals surface area (Å²) in [5.74, 6) is 0. The maximum atomic E-state index is 9.81. The van der Waals surface area contributed by atoms with E-state index in [1.54, 1.807) is 0 Å². The second-order valence-corrected chi connectivity index (χ2v) is 6.18. The lowest BCUT2D eigenvalue weighted by Crippen LogP contribution is -2.49. The number of piperidine rings is 1. The standard InChI is InChI=1S/C15H29NO2/c1-2-5-14-6-3-4-9-16(14)12-15(13-17)7-10-18-11-8-15/h14,17H,2-13H2,1H3. The van der Waals surface area contributed by atoms with Crippen molar-refractivity contribution in [3.05, 3.63) is 0 Å². The van der Waals surface area contributed by atoms with E-state index in [4.69, 9.17) is 4.74 Å². The zero-order valence-corrected chi connectivity index (χ0v) is 11.9. The Morgan fingerprint density at radius 3 is 2.72 bits per heavy atom. The van der Waals surface area contributed by atoms with Crippen LogP contribution < -0.4 is 0 Å². The molecule has 0 bridgehead atoms. The summed E-state index contributed by atoms with van der Waals surface area (Å²) in [5, 5.41) is 9.81. The van der Waals surface area contributed by atoms with Crippen molar-refractivity contribution in [2.24, 2.45) is 5.41 Å². The zero-order valence-electron chi connectivity index (χ0n) is 11.9. The van der Waals surface area contributed by atoms with Crippen LogP contribution in [-0.2, 0) is 4.74 Å². The molecule has 3 heteroatoms. The van der Waals surface area contributed by atoms with Crippen LogP contribution in [0.4, 0.5) is 0 Å². The van der Waals surface area contributed by atoms with Crippen LogP contribution in [-0.4, -0.2) is 49.0 Å². The molecule has 0 aromatic rings. The highest BCUT2D eigenvalue weighted by atomic mass is 16.5. The number of hydrogen-bond donors (Lipinski definition) is 1. The largest absolute Gasteiger partial charge is 0.396 e. The van der Waals surface area contributed by atoms with Gasteiger partial charge in [0.1, 0.15) is 0 Å². The smallest absolute Gasteiger partial charge is 0.0501 e. The Morgan fingerprint density at radius 2 is 2.06 bits per heavy atom. The maximum absolute atomic E-state index is 9.81. The summed E-state index contributed by atoms with van der Waals surface area (Å²) in [6.45, 7) is 6.57. The van der Waals surface area contributed by atoms with Gasteiger partial charge in [0.2, 0.25) is 0 Å². The number of rotatable bonds is 5. The molecule has 2 aliphatic heterocycles. The highest BCUT2D eigenvalue weighted by Crippen LogP contribution is 2.33. The summed E-state index contributed by atoms with van der Waals surface area (Å²) in [6.07, 6.45) is 8.71. The molecule has 0 radical (unpaired) electrons. The molecule has 0 aromatic carbocycles. The van der Waals surface area contributed by atoms with Gasteiger partial charge in [-0.1, -0.05) is 19.8 Å². The van der Waals surface area contributed by atoms with Gasteiger partial charge in [-0.15, -0.1) is 0 Å². The van der Waals surface area contributed by atoms with Crippen LogP contribution in [0.15, 0.2) is 0 Å². The minimum absolute atomic E-state index is 0.113. The second-order valence-electron chi connectivity index (χ2n) is 6.18. The van der Waals surface area contributed by atoms with Gasteiger partial charge in [-0.3, -0.25) is 4.90 Å². The van der Waals surface area contributed by atoms with Crippen molar-refractivity contribution in [1.82, 2.24) is 4.90 Å². The fourth-order valence-corrected chi connectivity index (χ4v) is 3.53. The quantitative estimate of drug-likeness (QED) is 0.819. The number of nitrogens with zero attached hydrogens (tertiary/aromatic N) is 1. The van der Waals surface area contributed by atoms with Crippen LogP contribution in [0, 0.1) is 5.41 Å². The molecule has 1 N–H and O–H groups in total. The van der Waals surface area contributed by atoms with Gasteiger partial charge in [0.05, 0.1) is 6.61 Å². The molecule has 2 heterocycles. The van der Waals surface area contributed by atoms with Crippen LogP contribution in [0.1, 0.15) is 51.9 Å². The Morgan fingerprint density at radius 1 is 1.28 bits per heavy atom. The number of likely N-dealkylation sites (tertiary alicyclic amines) is 1. The maximum Gasteiger partial charge on any atom is 0.0501 e. The van der Waals surface area contributed by atoms with E-state index in [-0.39, 0.29) is 5.41 Å². The van der Waals surface area contributed by atoms with E-state index in [0.29, 0.717) is 6.61 Å². The van der Waals surface area contributed by atoms with E-state index < -0.39 is 0 Å². The minimum Gasteiger partial charge on any atom is -0.396 e. The van der Waals surface area contributed by atoms with Gasteiger partial charge in [0, 0.05) is 31.2 Å². The predicted molar refractivity (Wildman–Crippen MR) is 73.7 cm³/mol. The summed E-state index contributed by atoms with van der Waals surface area (Å²) in [4.78, 5) is 2.66. The number of hydrogen-bond acceptors (Lipinski definition) is 3. The molecule has 2 rings (SSSR count). The average molecular weight is 255 g/mol. The summed E-state index contributed by atoms with van der Waals surface area (Å²) in [6, 6.07) is 0.759. The first-order valence-electron chi connectivity index (χ1n) is 7.72.